The molecule has 1 saturated heterocycles. The van der Waals surface area contributed by atoms with Gasteiger partial charge in [0.1, 0.15) is 0 Å². The lowest BCUT2D eigenvalue weighted by Crippen LogP contribution is -2.40. The Hall–Kier alpha value is -1.88. The predicted molar refractivity (Wildman–Crippen MR) is 120 cm³/mol. The Labute approximate surface area is 178 Å². The van der Waals surface area contributed by atoms with Crippen molar-refractivity contribution in [3.8, 4) is 0 Å². The molecular formula is C23H22BrClN2O. The van der Waals surface area contributed by atoms with Gasteiger partial charge in [-0.05, 0) is 69.9 Å². The van der Waals surface area contributed by atoms with Gasteiger partial charge in [0.05, 0.1) is 10.9 Å². The first kappa shape index (κ1) is 19.4. The smallest absolute Gasteiger partial charge is 0.228 e. The molecule has 28 heavy (non-hydrogen) atoms. The molecule has 0 aliphatic carbocycles. The maximum absolute atomic E-state index is 12.8. The van der Waals surface area contributed by atoms with E-state index >= 15 is 0 Å². The zero-order valence-corrected chi connectivity index (χ0v) is 17.8. The zero-order valence-electron chi connectivity index (χ0n) is 15.5. The number of carbonyl (C=O) groups is 1. The molecule has 1 N–H and O–H groups in total. The van der Waals surface area contributed by atoms with Crippen LogP contribution in [-0.2, 0) is 11.3 Å². The number of piperidine rings is 1. The van der Waals surface area contributed by atoms with E-state index < -0.39 is 0 Å². The molecule has 1 fully saturated rings. The molecule has 0 spiro atoms. The molecule has 1 aliphatic heterocycles. The molecule has 0 aromatic heterocycles. The summed E-state index contributed by atoms with van der Waals surface area (Å²) in [5, 5.41) is 6.17. The van der Waals surface area contributed by atoms with E-state index in [-0.39, 0.29) is 11.8 Å². The first-order valence-electron chi connectivity index (χ1n) is 9.55. The third-order valence-corrected chi connectivity index (χ3v) is 6.57. The van der Waals surface area contributed by atoms with Gasteiger partial charge in [-0.1, -0.05) is 54.1 Å². The van der Waals surface area contributed by atoms with Crippen molar-refractivity contribution in [3.05, 3.63) is 75.7 Å². The number of anilines is 1. The minimum atomic E-state index is -0.00820. The van der Waals surface area contributed by atoms with E-state index in [9.17, 15) is 4.79 Å². The van der Waals surface area contributed by atoms with Gasteiger partial charge in [0.2, 0.25) is 5.91 Å². The quantitative estimate of drug-likeness (QED) is 0.513. The summed E-state index contributed by atoms with van der Waals surface area (Å²) in [7, 11) is 0. The van der Waals surface area contributed by atoms with Crippen LogP contribution in [0.15, 0.2) is 65.1 Å². The summed E-state index contributed by atoms with van der Waals surface area (Å²) in [5.74, 6) is 0.0622. The number of amides is 1. The Morgan fingerprint density at radius 2 is 1.96 bits per heavy atom. The third-order valence-electron chi connectivity index (χ3n) is 5.34. The van der Waals surface area contributed by atoms with Crippen LogP contribution in [-0.4, -0.2) is 23.9 Å². The van der Waals surface area contributed by atoms with Crippen molar-refractivity contribution < 1.29 is 4.79 Å². The number of halogens is 2. The number of nitrogens with one attached hydrogen (secondary N) is 1. The molecule has 144 valence electrons. The van der Waals surface area contributed by atoms with E-state index in [1.807, 2.05) is 12.1 Å². The Bertz CT molecular complexity index is 1000. The highest BCUT2D eigenvalue weighted by Crippen LogP contribution is 2.27. The van der Waals surface area contributed by atoms with Crippen molar-refractivity contribution in [1.82, 2.24) is 4.90 Å². The van der Waals surface area contributed by atoms with Crippen LogP contribution < -0.4 is 5.32 Å². The van der Waals surface area contributed by atoms with Crippen LogP contribution >= 0.6 is 27.5 Å². The molecular weight excluding hydrogens is 436 g/mol. The van der Waals surface area contributed by atoms with Gasteiger partial charge >= 0.3 is 0 Å². The van der Waals surface area contributed by atoms with E-state index in [0.717, 1.165) is 42.6 Å². The summed E-state index contributed by atoms with van der Waals surface area (Å²) in [6, 6.07) is 20.4. The summed E-state index contributed by atoms with van der Waals surface area (Å²) in [5.41, 5.74) is 2.06. The molecule has 4 rings (SSSR count). The van der Waals surface area contributed by atoms with Gasteiger partial charge in [0.25, 0.3) is 0 Å². The van der Waals surface area contributed by atoms with Crippen molar-refractivity contribution in [2.24, 2.45) is 5.92 Å². The van der Waals surface area contributed by atoms with Gasteiger partial charge < -0.3 is 5.32 Å². The van der Waals surface area contributed by atoms with Crippen molar-refractivity contribution in [2.75, 3.05) is 18.4 Å². The van der Waals surface area contributed by atoms with E-state index in [1.165, 1.54) is 16.3 Å². The molecule has 1 atom stereocenters. The van der Waals surface area contributed by atoms with Crippen molar-refractivity contribution in [2.45, 2.75) is 19.4 Å². The summed E-state index contributed by atoms with van der Waals surface area (Å²) in [6.45, 7) is 2.67. The number of benzene rings is 3. The van der Waals surface area contributed by atoms with Gasteiger partial charge in [0.15, 0.2) is 0 Å². The average molecular weight is 458 g/mol. The zero-order chi connectivity index (χ0) is 19.5. The normalized spacial score (nSPS) is 17.6. The van der Waals surface area contributed by atoms with Gasteiger partial charge in [-0.2, -0.15) is 0 Å². The summed E-state index contributed by atoms with van der Waals surface area (Å²) in [6.07, 6.45) is 1.95. The molecule has 3 aromatic rings. The number of fused-ring (bicyclic) bond motifs is 1. The first-order chi connectivity index (χ1) is 13.6. The topological polar surface area (TPSA) is 32.3 Å². The van der Waals surface area contributed by atoms with Gasteiger partial charge in [0, 0.05) is 23.2 Å². The van der Waals surface area contributed by atoms with Gasteiger partial charge in [-0.15, -0.1) is 0 Å². The highest BCUT2D eigenvalue weighted by Gasteiger charge is 2.26. The maximum Gasteiger partial charge on any atom is 0.228 e. The second kappa shape index (κ2) is 8.64. The maximum atomic E-state index is 12.8. The van der Waals surface area contributed by atoms with Crippen LogP contribution in [0, 0.1) is 5.92 Å². The third kappa shape index (κ3) is 4.40. The van der Waals surface area contributed by atoms with Crippen LogP contribution in [0.5, 0.6) is 0 Å². The largest absolute Gasteiger partial charge is 0.326 e. The number of nitrogens with zero attached hydrogens (tertiary/aromatic N) is 1. The second-order valence-electron chi connectivity index (χ2n) is 7.33. The molecule has 1 aliphatic rings. The summed E-state index contributed by atoms with van der Waals surface area (Å²) in [4.78, 5) is 15.2. The fourth-order valence-electron chi connectivity index (χ4n) is 3.90. The Balaban J connectivity index is 1.43. The van der Waals surface area contributed by atoms with Crippen molar-refractivity contribution in [3.63, 3.8) is 0 Å². The summed E-state index contributed by atoms with van der Waals surface area (Å²) < 4.78 is 0.825. The molecule has 1 amide bonds. The molecule has 0 bridgehead atoms. The van der Waals surface area contributed by atoms with Crippen LogP contribution in [0.2, 0.25) is 5.02 Å². The fourth-order valence-corrected chi connectivity index (χ4v) is 4.33. The van der Waals surface area contributed by atoms with E-state index in [1.54, 1.807) is 6.07 Å². The van der Waals surface area contributed by atoms with Crippen molar-refractivity contribution in [1.29, 1.82) is 0 Å². The average Bonchev–Trinajstić information content (AvgIpc) is 2.71. The molecule has 0 radical (unpaired) electrons. The number of rotatable bonds is 4. The minimum absolute atomic E-state index is 0.00820. The molecule has 0 saturated carbocycles. The molecule has 1 unspecified atom stereocenters. The van der Waals surface area contributed by atoms with Crippen LogP contribution in [0.25, 0.3) is 10.8 Å². The highest BCUT2D eigenvalue weighted by atomic mass is 79.9. The molecule has 3 aromatic carbocycles. The first-order valence-corrected chi connectivity index (χ1v) is 10.7. The van der Waals surface area contributed by atoms with Crippen molar-refractivity contribution >= 4 is 49.9 Å². The monoisotopic (exact) mass is 456 g/mol. The lowest BCUT2D eigenvalue weighted by molar-refractivity contribution is -0.121. The SMILES string of the molecule is O=C(Nc1ccc(Br)c(Cl)c1)C1CCCN(Cc2cccc3ccccc23)C1. The molecule has 3 nitrogen and oxygen atoms in total. The number of likely N-dealkylation sites (tertiary alicyclic amines) is 1. The summed E-state index contributed by atoms with van der Waals surface area (Å²) >= 11 is 9.52. The van der Waals surface area contributed by atoms with E-state index in [2.05, 4.69) is 68.6 Å². The Morgan fingerprint density at radius 3 is 2.82 bits per heavy atom. The lowest BCUT2D eigenvalue weighted by Gasteiger charge is -2.32. The second-order valence-corrected chi connectivity index (χ2v) is 8.59. The van der Waals surface area contributed by atoms with Crippen LogP contribution in [0.3, 0.4) is 0 Å². The number of hydrogen-bond donors (Lipinski definition) is 1. The van der Waals surface area contributed by atoms with Crippen LogP contribution in [0.1, 0.15) is 18.4 Å². The van der Waals surface area contributed by atoms with Crippen LogP contribution in [0.4, 0.5) is 5.69 Å². The number of hydrogen-bond acceptors (Lipinski definition) is 2. The van der Waals surface area contributed by atoms with E-state index in [4.69, 9.17) is 11.6 Å². The lowest BCUT2D eigenvalue weighted by atomic mass is 9.96. The van der Waals surface area contributed by atoms with Gasteiger partial charge in [-0.25, -0.2) is 0 Å². The van der Waals surface area contributed by atoms with Gasteiger partial charge in [-0.3, -0.25) is 9.69 Å². The molecule has 1 heterocycles. The van der Waals surface area contributed by atoms with E-state index in [0.29, 0.717) is 5.02 Å². The standard InChI is InChI=1S/C23H22BrClN2O/c24-21-11-10-19(13-22(21)25)26-23(28)18-8-4-12-27(15-18)14-17-7-3-6-16-5-1-2-9-20(16)17/h1-3,5-7,9-11,13,18H,4,8,12,14-15H2,(H,26,28). The Kier molecular flexibility index (Phi) is 6.00. The predicted octanol–water partition coefficient (Wildman–Crippen LogP) is 6.11. The Morgan fingerprint density at radius 1 is 1.14 bits per heavy atom. The highest BCUT2D eigenvalue weighted by molar-refractivity contribution is 9.10. The number of carbonyl (C=O) groups excluding carboxylic acids is 1. The minimum Gasteiger partial charge on any atom is -0.326 e. The fraction of sp³-hybridized carbons (Fsp3) is 0.261. The molecule has 5 heteroatoms.